The SMILES string of the molecule is Cc1ncoc1CNS(=O)(=O)c1cccc2c1OCCO2. The molecule has 7 nitrogen and oxygen atoms in total. The average Bonchev–Trinajstić information content (AvgIpc) is 2.90. The summed E-state index contributed by atoms with van der Waals surface area (Å²) in [6, 6.07) is 4.76. The molecule has 0 aliphatic carbocycles. The van der Waals surface area contributed by atoms with E-state index in [1.807, 2.05) is 0 Å². The topological polar surface area (TPSA) is 90.7 Å². The fourth-order valence-electron chi connectivity index (χ4n) is 1.99. The lowest BCUT2D eigenvalue weighted by Crippen LogP contribution is -2.25. The number of fused-ring (bicyclic) bond motifs is 1. The second-order valence-corrected chi connectivity index (χ2v) is 6.20. The number of benzene rings is 1. The Bertz CT molecular complexity index is 754. The molecule has 0 bridgehead atoms. The van der Waals surface area contributed by atoms with Gasteiger partial charge in [0.2, 0.25) is 10.0 Å². The van der Waals surface area contributed by atoms with E-state index in [1.165, 1.54) is 12.5 Å². The maximum atomic E-state index is 12.4. The minimum Gasteiger partial charge on any atom is -0.486 e. The van der Waals surface area contributed by atoms with Crippen molar-refractivity contribution >= 4 is 10.0 Å². The van der Waals surface area contributed by atoms with Gasteiger partial charge in [-0.2, -0.15) is 0 Å². The van der Waals surface area contributed by atoms with Gasteiger partial charge in [-0.25, -0.2) is 18.1 Å². The molecule has 0 atom stereocenters. The molecule has 0 radical (unpaired) electrons. The first-order chi connectivity index (χ1) is 10.1. The van der Waals surface area contributed by atoms with Crippen LogP contribution in [0.5, 0.6) is 11.5 Å². The van der Waals surface area contributed by atoms with E-state index < -0.39 is 10.0 Å². The summed E-state index contributed by atoms with van der Waals surface area (Å²) in [7, 11) is -3.74. The van der Waals surface area contributed by atoms with Gasteiger partial charge in [-0.3, -0.25) is 0 Å². The van der Waals surface area contributed by atoms with Gasteiger partial charge in [-0.05, 0) is 19.1 Å². The van der Waals surface area contributed by atoms with Crippen LogP contribution in [0.2, 0.25) is 0 Å². The van der Waals surface area contributed by atoms with Gasteiger partial charge in [-0.1, -0.05) is 6.07 Å². The van der Waals surface area contributed by atoms with Crippen LogP contribution >= 0.6 is 0 Å². The van der Waals surface area contributed by atoms with Crippen molar-refractivity contribution in [2.75, 3.05) is 13.2 Å². The van der Waals surface area contributed by atoms with Crippen molar-refractivity contribution in [1.82, 2.24) is 9.71 Å². The Hall–Kier alpha value is -2.06. The molecule has 0 amide bonds. The van der Waals surface area contributed by atoms with Crippen LogP contribution in [0.4, 0.5) is 0 Å². The first-order valence-corrected chi connectivity index (χ1v) is 7.83. The predicted molar refractivity (Wildman–Crippen MR) is 72.7 cm³/mol. The molecular weight excluding hydrogens is 296 g/mol. The lowest BCUT2D eigenvalue weighted by atomic mass is 10.3. The van der Waals surface area contributed by atoms with E-state index in [1.54, 1.807) is 19.1 Å². The van der Waals surface area contributed by atoms with Gasteiger partial charge in [0.1, 0.15) is 23.9 Å². The average molecular weight is 310 g/mol. The highest BCUT2D eigenvalue weighted by molar-refractivity contribution is 7.89. The second-order valence-electron chi connectivity index (χ2n) is 4.47. The zero-order valence-corrected chi connectivity index (χ0v) is 12.1. The Morgan fingerprint density at radius 1 is 1.29 bits per heavy atom. The van der Waals surface area contributed by atoms with Gasteiger partial charge in [-0.15, -0.1) is 0 Å². The Labute approximate surface area is 121 Å². The first kappa shape index (κ1) is 13.9. The van der Waals surface area contributed by atoms with Gasteiger partial charge < -0.3 is 13.9 Å². The van der Waals surface area contributed by atoms with Crippen molar-refractivity contribution in [3.63, 3.8) is 0 Å². The van der Waals surface area contributed by atoms with Crippen LogP contribution in [-0.4, -0.2) is 26.6 Å². The number of nitrogens with zero attached hydrogens (tertiary/aromatic N) is 1. The van der Waals surface area contributed by atoms with E-state index in [0.29, 0.717) is 30.4 Å². The number of sulfonamides is 1. The molecule has 0 spiro atoms. The standard InChI is InChI=1S/C13H14N2O5S/c1-9-11(20-8-14-9)7-15-21(16,17)12-4-2-3-10-13(12)19-6-5-18-10/h2-4,8,15H,5-7H2,1H3. The number of aryl methyl sites for hydroxylation is 1. The second kappa shape index (κ2) is 5.38. The fraction of sp³-hybridized carbons (Fsp3) is 0.308. The molecule has 2 aromatic rings. The summed E-state index contributed by atoms with van der Waals surface area (Å²) in [5, 5.41) is 0. The number of oxazole rings is 1. The smallest absolute Gasteiger partial charge is 0.244 e. The predicted octanol–water partition coefficient (Wildman–Crippen LogP) is 1.23. The number of ether oxygens (including phenoxy) is 2. The largest absolute Gasteiger partial charge is 0.486 e. The van der Waals surface area contributed by atoms with E-state index >= 15 is 0 Å². The Morgan fingerprint density at radius 2 is 2.10 bits per heavy atom. The Kier molecular flexibility index (Phi) is 3.56. The molecule has 1 aromatic carbocycles. The van der Waals surface area contributed by atoms with Gasteiger partial charge in [0.05, 0.1) is 12.2 Å². The van der Waals surface area contributed by atoms with Gasteiger partial charge in [0, 0.05) is 0 Å². The summed E-state index contributed by atoms with van der Waals surface area (Å²) in [6.45, 7) is 2.50. The van der Waals surface area contributed by atoms with Crippen LogP contribution in [0.1, 0.15) is 11.5 Å². The number of para-hydroxylation sites is 1. The lowest BCUT2D eigenvalue weighted by molar-refractivity contribution is 0.167. The molecule has 1 aliphatic rings. The van der Waals surface area contributed by atoms with Crippen molar-refractivity contribution in [3.05, 3.63) is 36.0 Å². The molecular formula is C13H14N2O5S. The molecule has 3 rings (SSSR count). The van der Waals surface area contributed by atoms with Crippen LogP contribution in [0, 0.1) is 6.92 Å². The van der Waals surface area contributed by atoms with Crippen LogP contribution in [0.25, 0.3) is 0 Å². The molecule has 0 unspecified atom stereocenters. The van der Waals surface area contributed by atoms with Gasteiger partial charge in [0.25, 0.3) is 0 Å². The van der Waals surface area contributed by atoms with E-state index in [4.69, 9.17) is 13.9 Å². The van der Waals surface area contributed by atoms with Crippen LogP contribution < -0.4 is 14.2 Å². The summed E-state index contributed by atoms with van der Waals surface area (Å²) < 4.78 is 43.2. The maximum absolute atomic E-state index is 12.4. The van der Waals surface area contributed by atoms with Gasteiger partial charge in [0.15, 0.2) is 17.9 Å². The maximum Gasteiger partial charge on any atom is 0.244 e. The molecule has 21 heavy (non-hydrogen) atoms. The molecule has 2 heterocycles. The van der Waals surface area contributed by atoms with Gasteiger partial charge >= 0.3 is 0 Å². The summed E-state index contributed by atoms with van der Waals surface area (Å²) in [5.41, 5.74) is 0.646. The molecule has 8 heteroatoms. The highest BCUT2D eigenvalue weighted by Crippen LogP contribution is 2.36. The summed E-state index contributed by atoms with van der Waals surface area (Å²) in [5.74, 6) is 1.14. The molecule has 1 aromatic heterocycles. The van der Waals surface area contributed by atoms with E-state index in [-0.39, 0.29) is 17.2 Å². The molecule has 112 valence electrons. The zero-order chi connectivity index (χ0) is 14.9. The third kappa shape index (κ3) is 2.72. The highest BCUT2D eigenvalue weighted by Gasteiger charge is 2.25. The molecule has 1 N–H and O–H groups in total. The normalized spacial score (nSPS) is 14.1. The number of hydrogen-bond acceptors (Lipinski definition) is 6. The minimum atomic E-state index is -3.74. The van der Waals surface area contributed by atoms with Crippen molar-refractivity contribution in [3.8, 4) is 11.5 Å². The van der Waals surface area contributed by atoms with Crippen molar-refractivity contribution in [2.45, 2.75) is 18.4 Å². The molecule has 0 fully saturated rings. The minimum absolute atomic E-state index is 0.0265. The molecule has 0 saturated carbocycles. The third-order valence-electron chi connectivity index (χ3n) is 3.09. The number of aromatic nitrogens is 1. The van der Waals surface area contributed by atoms with Crippen LogP contribution in [0.15, 0.2) is 33.9 Å². The lowest BCUT2D eigenvalue weighted by Gasteiger charge is -2.20. The first-order valence-electron chi connectivity index (χ1n) is 6.35. The third-order valence-corrected chi connectivity index (χ3v) is 4.51. The zero-order valence-electron chi connectivity index (χ0n) is 11.3. The summed E-state index contributed by atoms with van der Waals surface area (Å²) >= 11 is 0. The van der Waals surface area contributed by atoms with Crippen molar-refractivity contribution in [2.24, 2.45) is 0 Å². The highest BCUT2D eigenvalue weighted by atomic mass is 32.2. The van der Waals surface area contributed by atoms with Crippen LogP contribution in [-0.2, 0) is 16.6 Å². The molecule has 1 aliphatic heterocycles. The van der Waals surface area contributed by atoms with E-state index in [0.717, 1.165) is 0 Å². The summed E-state index contributed by atoms with van der Waals surface area (Å²) in [6.07, 6.45) is 1.28. The van der Waals surface area contributed by atoms with Crippen molar-refractivity contribution in [1.29, 1.82) is 0 Å². The fourth-order valence-corrected chi connectivity index (χ4v) is 3.13. The Morgan fingerprint density at radius 3 is 2.86 bits per heavy atom. The Balaban J connectivity index is 1.87. The number of hydrogen-bond donors (Lipinski definition) is 1. The van der Waals surface area contributed by atoms with E-state index in [9.17, 15) is 8.42 Å². The number of nitrogens with one attached hydrogen (secondary N) is 1. The monoisotopic (exact) mass is 310 g/mol. The van der Waals surface area contributed by atoms with E-state index in [2.05, 4.69) is 9.71 Å². The van der Waals surface area contributed by atoms with Crippen molar-refractivity contribution < 1.29 is 22.3 Å². The molecule has 0 saturated heterocycles. The van der Waals surface area contributed by atoms with Crippen LogP contribution in [0.3, 0.4) is 0 Å². The quantitative estimate of drug-likeness (QED) is 0.913. The number of rotatable bonds is 4. The summed E-state index contributed by atoms with van der Waals surface area (Å²) in [4.78, 5) is 3.97.